The van der Waals surface area contributed by atoms with E-state index in [0.29, 0.717) is 12.4 Å². The van der Waals surface area contributed by atoms with E-state index >= 15 is 0 Å². The summed E-state index contributed by atoms with van der Waals surface area (Å²) in [6, 6.07) is 8.89. The Balaban J connectivity index is 1.60. The van der Waals surface area contributed by atoms with Crippen LogP contribution in [-0.4, -0.2) is 52.3 Å². The van der Waals surface area contributed by atoms with Crippen molar-refractivity contribution < 1.29 is 4.74 Å². The molecule has 1 saturated heterocycles. The number of nitrogens with zero attached hydrogens (tertiary/aromatic N) is 3. The molecular formula is C20H27N5OS. The molecule has 3 heterocycles. The maximum atomic E-state index is 6.23. The average Bonchev–Trinajstić information content (AvgIpc) is 3.01. The summed E-state index contributed by atoms with van der Waals surface area (Å²) in [6.45, 7) is 2.66. The van der Waals surface area contributed by atoms with Gasteiger partial charge in [0.15, 0.2) is 5.82 Å². The molecule has 0 bridgehead atoms. The normalized spacial score (nSPS) is 14.9. The SMILES string of the molecule is COCCc1nc2c(N)nc3ccccc3c2n1CCCCNC1CSC1. The fourth-order valence-corrected chi connectivity index (χ4v) is 4.29. The molecule has 0 aliphatic carbocycles. The van der Waals surface area contributed by atoms with Crippen LogP contribution in [0.15, 0.2) is 24.3 Å². The molecule has 4 rings (SSSR count). The van der Waals surface area contributed by atoms with E-state index in [-0.39, 0.29) is 0 Å². The van der Waals surface area contributed by atoms with E-state index in [2.05, 4.69) is 20.9 Å². The first-order chi connectivity index (χ1) is 13.3. The number of imidazole rings is 1. The van der Waals surface area contributed by atoms with Crippen molar-refractivity contribution in [2.24, 2.45) is 0 Å². The van der Waals surface area contributed by atoms with E-state index in [1.54, 1.807) is 7.11 Å². The van der Waals surface area contributed by atoms with Gasteiger partial charge in [-0.3, -0.25) is 0 Å². The summed E-state index contributed by atoms with van der Waals surface area (Å²) >= 11 is 2.02. The molecule has 2 aromatic heterocycles. The Kier molecular flexibility index (Phi) is 5.80. The van der Waals surface area contributed by atoms with Crippen LogP contribution in [0, 0.1) is 0 Å². The maximum Gasteiger partial charge on any atom is 0.152 e. The lowest BCUT2D eigenvalue weighted by Crippen LogP contribution is -2.40. The molecule has 144 valence electrons. The Morgan fingerprint density at radius 1 is 1.26 bits per heavy atom. The van der Waals surface area contributed by atoms with Gasteiger partial charge < -0.3 is 20.4 Å². The highest BCUT2D eigenvalue weighted by molar-refractivity contribution is 8.00. The zero-order valence-corrected chi connectivity index (χ0v) is 16.6. The first-order valence-electron chi connectivity index (χ1n) is 9.61. The van der Waals surface area contributed by atoms with Crippen LogP contribution >= 0.6 is 11.8 Å². The van der Waals surface area contributed by atoms with Crippen LogP contribution in [0.2, 0.25) is 0 Å². The third kappa shape index (κ3) is 3.90. The number of pyridine rings is 1. The van der Waals surface area contributed by atoms with Gasteiger partial charge in [-0.05, 0) is 25.5 Å². The number of methoxy groups -OCH3 is 1. The van der Waals surface area contributed by atoms with Crippen LogP contribution in [0.1, 0.15) is 18.7 Å². The van der Waals surface area contributed by atoms with Crippen molar-refractivity contribution in [1.82, 2.24) is 19.9 Å². The lowest BCUT2D eigenvalue weighted by molar-refractivity contribution is 0.199. The number of benzene rings is 1. The summed E-state index contributed by atoms with van der Waals surface area (Å²) in [5.74, 6) is 4.04. The number of anilines is 1. The van der Waals surface area contributed by atoms with Crippen molar-refractivity contribution in [3.8, 4) is 0 Å². The van der Waals surface area contributed by atoms with Crippen molar-refractivity contribution in [2.45, 2.75) is 31.8 Å². The predicted octanol–water partition coefficient (Wildman–Crippen LogP) is 2.84. The van der Waals surface area contributed by atoms with Gasteiger partial charge >= 0.3 is 0 Å². The smallest absolute Gasteiger partial charge is 0.152 e. The van der Waals surface area contributed by atoms with Gasteiger partial charge in [0, 0.05) is 43.0 Å². The van der Waals surface area contributed by atoms with Crippen molar-refractivity contribution in [1.29, 1.82) is 0 Å². The summed E-state index contributed by atoms with van der Waals surface area (Å²) in [5, 5.41) is 4.74. The van der Waals surface area contributed by atoms with Gasteiger partial charge in [-0.1, -0.05) is 18.2 Å². The molecule has 7 heteroatoms. The number of thioether (sulfide) groups is 1. The van der Waals surface area contributed by atoms with Crippen LogP contribution in [0.4, 0.5) is 5.82 Å². The number of hydrogen-bond donors (Lipinski definition) is 2. The average molecular weight is 386 g/mol. The Morgan fingerprint density at radius 2 is 2.11 bits per heavy atom. The number of rotatable bonds is 9. The van der Waals surface area contributed by atoms with Crippen LogP contribution in [0.5, 0.6) is 0 Å². The summed E-state index contributed by atoms with van der Waals surface area (Å²) in [4.78, 5) is 9.37. The minimum atomic E-state index is 0.505. The standard InChI is InChI=1S/C20H27N5OS/c1-26-11-8-17-24-18-19(15-6-2-3-7-16(15)23-20(18)21)25(17)10-5-4-9-22-14-12-27-13-14/h2-3,6-7,14,22H,4-5,8-13H2,1H3,(H2,21,23). The van der Waals surface area contributed by atoms with Crippen LogP contribution in [-0.2, 0) is 17.7 Å². The first-order valence-corrected chi connectivity index (χ1v) is 10.8. The topological polar surface area (TPSA) is 78.0 Å². The molecule has 0 unspecified atom stereocenters. The molecule has 0 saturated carbocycles. The maximum absolute atomic E-state index is 6.23. The molecule has 1 aliphatic heterocycles. The summed E-state index contributed by atoms with van der Waals surface area (Å²) in [7, 11) is 1.72. The summed E-state index contributed by atoms with van der Waals surface area (Å²) in [5.41, 5.74) is 9.07. The van der Waals surface area contributed by atoms with Gasteiger partial charge in [-0.2, -0.15) is 11.8 Å². The van der Waals surface area contributed by atoms with E-state index in [1.165, 1.54) is 11.5 Å². The van der Waals surface area contributed by atoms with Crippen LogP contribution in [0.3, 0.4) is 0 Å². The second-order valence-corrected chi connectivity index (χ2v) is 8.10. The van der Waals surface area contributed by atoms with Crippen LogP contribution in [0.25, 0.3) is 21.9 Å². The second kappa shape index (κ2) is 8.46. The molecule has 3 aromatic rings. The number of hydrogen-bond acceptors (Lipinski definition) is 6. The number of ether oxygens (including phenoxy) is 1. The molecule has 0 spiro atoms. The molecule has 1 aliphatic rings. The number of unbranched alkanes of at least 4 members (excludes halogenated alkanes) is 1. The fraction of sp³-hybridized carbons (Fsp3) is 0.500. The summed E-state index contributed by atoms with van der Waals surface area (Å²) in [6.07, 6.45) is 3.04. The Morgan fingerprint density at radius 3 is 2.89 bits per heavy atom. The van der Waals surface area contributed by atoms with Gasteiger partial charge in [0.1, 0.15) is 11.3 Å². The largest absolute Gasteiger partial charge is 0.384 e. The number of nitrogen functional groups attached to an aromatic ring is 1. The highest BCUT2D eigenvalue weighted by Gasteiger charge is 2.18. The third-order valence-corrected chi connectivity index (χ3v) is 6.37. The Bertz CT molecular complexity index is 922. The van der Waals surface area contributed by atoms with Gasteiger partial charge in [-0.15, -0.1) is 0 Å². The van der Waals surface area contributed by atoms with Crippen LogP contribution < -0.4 is 11.1 Å². The first kappa shape index (κ1) is 18.5. The molecule has 0 atom stereocenters. The van der Waals surface area contributed by atoms with Crippen molar-refractivity contribution in [3.05, 3.63) is 30.1 Å². The number of nitrogens with two attached hydrogens (primary N) is 1. The lowest BCUT2D eigenvalue weighted by atomic mass is 10.2. The molecule has 1 fully saturated rings. The van der Waals surface area contributed by atoms with E-state index in [9.17, 15) is 0 Å². The Hall–Kier alpha value is -1.83. The molecule has 1 aromatic carbocycles. The zero-order chi connectivity index (χ0) is 18.6. The molecule has 6 nitrogen and oxygen atoms in total. The highest BCUT2D eigenvalue weighted by Crippen LogP contribution is 2.29. The van der Waals surface area contributed by atoms with Gasteiger partial charge in [0.2, 0.25) is 0 Å². The van der Waals surface area contributed by atoms with E-state index in [4.69, 9.17) is 15.5 Å². The predicted molar refractivity (Wildman–Crippen MR) is 113 cm³/mol. The number of aromatic nitrogens is 3. The van der Waals surface area contributed by atoms with E-state index in [0.717, 1.165) is 66.2 Å². The van der Waals surface area contributed by atoms with E-state index in [1.807, 2.05) is 30.0 Å². The van der Waals surface area contributed by atoms with Crippen molar-refractivity contribution in [2.75, 3.05) is 37.5 Å². The fourth-order valence-electron chi connectivity index (χ4n) is 3.58. The quantitative estimate of drug-likeness (QED) is 0.552. The number of fused-ring (bicyclic) bond motifs is 3. The third-order valence-electron chi connectivity index (χ3n) is 5.10. The van der Waals surface area contributed by atoms with Gasteiger partial charge in [0.05, 0.1) is 17.6 Å². The number of para-hydroxylation sites is 1. The molecule has 0 amide bonds. The lowest BCUT2D eigenvalue weighted by Gasteiger charge is -2.26. The minimum absolute atomic E-state index is 0.505. The highest BCUT2D eigenvalue weighted by atomic mass is 32.2. The van der Waals surface area contributed by atoms with Crippen molar-refractivity contribution >= 4 is 39.5 Å². The Labute approximate surface area is 163 Å². The van der Waals surface area contributed by atoms with Crippen molar-refractivity contribution in [3.63, 3.8) is 0 Å². The van der Waals surface area contributed by atoms with Gasteiger partial charge in [0.25, 0.3) is 0 Å². The number of nitrogens with one attached hydrogen (secondary N) is 1. The second-order valence-electron chi connectivity index (χ2n) is 7.03. The van der Waals surface area contributed by atoms with Gasteiger partial charge in [-0.25, -0.2) is 9.97 Å². The number of aryl methyl sites for hydroxylation is 1. The molecular weight excluding hydrogens is 358 g/mol. The van der Waals surface area contributed by atoms with E-state index < -0.39 is 0 Å². The monoisotopic (exact) mass is 385 g/mol. The molecule has 3 N–H and O–H groups in total. The molecule has 0 radical (unpaired) electrons. The minimum Gasteiger partial charge on any atom is -0.384 e. The zero-order valence-electron chi connectivity index (χ0n) is 15.8. The summed E-state index contributed by atoms with van der Waals surface area (Å²) < 4.78 is 7.62. The molecule has 27 heavy (non-hydrogen) atoms.